The summed E-state index contributed by atoms with van der Waals surface area (Å²) in [7, 11) is 0. The van der Waals surface area contributed by atoms with Crippen LogP contribution in [0.15, 0.2) is 54.6 Å². The molecule has 3 aromatic rings. The van der Waals surface area contributed by atoms with Crippen LogP contribution in [0.25, 0.3) is 11.3 Å². The molecule has 0 aliphatic carbocycles. The quantitative estimate of drug-likeness (QED) is 0.751. The zero-order valence-electron chi connectivity index (χ0n) is 14.5. The Hall–Kier alpha value is -2.86. The number of carbonyl (C=O) groups is 1. The lowest BCUT2D eigenvalue weighted by Gasteiger charge is -2.33. The fourth-order valence-electron chi connectivity index (χ4n) is 2.80. The van der Waals surface area contributed by atoms with Crippen LogP contribution in [0.4, 0.5) is 5.13 Å². The van der Waals surface area contributed by atoms with Crippen LogP contribution in [0.2, 0.25) is 0 Å². The Balaban J connectivity index is 1.54. The van der Waals surface area contributed by atoms with Crippen molar-refractivity contribution in [3.63, 3.8) is 0 Å². The minimum atomic E-state index is -1.11. The third kappa shape index (κ3) is 3.04. The molecular formula is C20H18N2O3S. The predicted octanol–water partition coefficient (Wildman–Crippen LogP) is 4.29. The highest BCUT2D eigenvalue weighted by atomic mass is 32.1. The third-order valence-corrected chi connectivity index (χ3v) is 5.12. The summed E-state index contributed by atoms with van der Waals surface area (Å²) in [5, 5.41) is 3.43. The Morgan fingerprint density at radius 3 is 2.58 bits per heavy atom. The number of fused-ring (bicyclic) bond motifs is 1. The molecule has 26 heavy (non-hydrogen) atoms. The second kappa shape index (κ2) is 6.46. The number of carbonyl (C=O) groups excluding carboxylic acids is 1. The fraction of sp³-hybridized carbons (Fsp3) is 0.200. The number of aryl methyl sites for hydroxylation is 1. The molecule has 1 N–H and O–H groups in total. The maximum Gasteiger partial charge on any atom is 0.273 e. The Kier molecular flexibility index (Phi) is 4.12. The van der Waals surface area contributed by atoms with Gasteiger partial charge < -0.3 is 9.47 Å². The Morgan fingerprint density at radius 1 is 1.12 bits per heavy atom. The van der Waals surface area contributed by atoms with Gasteiger partial charge in [-0.3, -0.25) is 10.1 Å². The van der Waals surface area contributed by atoms with Crippen LogP contribution < -0.4 is 14.8 Å². The van der Waals surface area contributed by atoms with Gasteiger partial charge in [-0.25, -0.2) is 4.98 Å². The molecule has 0 saturated heterocycles. The predicted molar refractivity (Wildman–Crippen MR) is 102 cm³/mol. The van der Waals surface area contributed by atoms with Gasteiger partial charge in [0.2, 0.25) is 5.60 Å². The molecule has 1 amide bonds. The Bertz CT molecular complexity index is 955. The number of rotatable bonds is 3. The van der Waals surface area contributed by atoms with Crippen LogP contribution >= 0.6 is 11.3 Å². The molecule has 0 saturated carbocycles. The number of hydrogen-bond donors (Lipinski definition) is 1. The maximum atomic E-state index is 12.8. The van der Waals surface area contributed by atoms with Crippen molar-refractivity contribution in [2.24, 2.45) is 0 Å². The van der Waals surface area contributed by atoms with E-state index in [2.05, 4.69) is 10.3 Å². The molecule has 1 aromatic heterocycles. The molecule has 1 aliphatic rings. The molecule has 0 fully saturated rings. The molecule has 4 rings (SSSR count). The summed E-state index contributed by atoms with van der Waals surface area (Å²) >= 11 is 1.45. The first-order chi connectivity index (χ1) is 12.5. The first-order valence-corrected chi connectivity index (χ1v) is 9.12. The minimum absolute atomic E-state index is 0.145. The SMILES string of the molecule is Cc1sc(NC(=O)C2(C)COc3ccccc3O2)nc1-c1ccccc1. The second-order valence-electron chi connectivity index (χ2n) is 6.31. The van der Waals surface area contributed by atoms with Crippen LogP contribution in [0, 0.1) is 6.92 Å². The number of nitrogens with zero attached hydrogens (tertiary/aromatic N) is 1. The fourth-order valence-corrected chi connectivity index (χ4v) is 3.63. The van der Waals surface area contributed by atoms with Crippen molar-refractivity contribution in [2.45, 2.75) is 19.4 Å². The van der Waals surface area contributed by atoms with Crippen molar-refractivity contribution >= 4 is 22.4 Å². The standard InChI is InChI=1S/C20H18N2O3S/c1-13-17(14-8-4-3-5-9-14)21-19(26-13)22-18(23)20(2)12-24-15-10-6-7-11-16(15)25-20/h3-11H,12H2,1-2H3,(H,21,22,23). The van der Waals surface area contributed by atoms with Crippen molar-refractivity contribution < 1.29 is 14.3 Å². The largest absolute Gasteiger partial charge is 0.485 e. The van der Waals surface area contributed by atoms with E-state index in [4.69, 9.17) is 9.47 Å². The van der Waals surface area contributed by atoms with Gasteiger partial charge in [-0.1, -0.05) is 42.5 Å². The van der Waals surface area contributed by atoms with Gasteiger partial charge in [-0.15, -0.1) is 11.3 Å². The van der Waals surface area contributed by atoms with Crippen molar-refractivity contribution in [3.8, 4) is 22.8 Å². The van der Waals surface area contributed by atoms with E-state index in [0.717, 1.165) is 16.1 Å². The van der Waals surface area contributed by atoms with Gasteiger partial charge in [-0.05, 0) is 26.0 Å². The number of benzene rings is 2. The summed E-state index contributed by atoms with van der Waals surface area (Å²) in [6.45, 7) is 3.86. The average Bonchev–Trinajstić information content (AvgIpc) is 3.02. The number of amides is 1. The summed E-state index contributed by atoms with van der Waals surface area (Å²) in [4.78, 5) is 18.4. The molecule has 0 spiro atoms. The highest BCUT2D eigenvalue weighted by Crippen LogP contribution is 2.36. The lowest BCUT2D eigenvalue weighted by Crippen LogP contribution is -2.52. The zero-order chi connectivity index (χ0) is 18.1. The van der Waals surface area contributed by atoms with Crippen LogP contribution in [0.3, 0.4) is 0 Å². The lowest BCUT2D eigenvalue weighted by molar-refractivity contribution is -0.134. The summed E-state index contributed by atoms with van der Waals surface area (Å²) in [5.74, 6) is 0.936. The Labute approximate surface area is 155 Å². The first kappa shape index (κ1) is 16.6. The van der Waals surface area contributed by atoms with Crippen LogP contribution in [-0.2, 0) is 4.79 Å². The highest BCUT2D eigenvalue weighted by molar-refractivity contribution is 7.16. The number of para-hydroxylation sites is 2. The Morgan fingerprint density at radius 2 is 1.81 bits per heavy atom. The van der Waals surface area contributed by atoms with Gasteiger partial charge in [0.25, 0.3) is 5.91 Å². The van der Waals surface area contributed by atoms with Gasteiger partial charge in [0.15, 0.2) is 16.6 Å². The average molecular weight is 366 g/mol. The van der Waals surface area contributed by atoms with E-state index in [1.165, 1.54) is 11.3 Å². The van der Waals surface area contributed by atoms with Gasteiger partial charge in [-0.2, -0.15) is 0 Å². The molecule has 0 radical (unpaired) electrons. The molecule has 1 aliphatic heterocycles. The van der Waals surface area contributed by atoms with Gasteiger partial charge in [0, 0.05) is 10.4 Å². The van der Waals surface area contributed by atoms with Crippen molar-refractivity contribution in [3.05, 3.63) is 59.5 Å². The highest BCUT2D eigenvalue weighted by Gasteiger charge is 2.41. The summed E-state index contributed by atoms with van der Waals surface area (Å²) in [6, 6.07) is 17.2. The van der Waals surface area contributed by atoms with E-state index < -0.39 is 5.60 Å². The van der Waals surface area contributed by atoms with E-state index in [0.29, 0.717) is 16.6 Å². The molecule has 0 bridgehead atoms. The van der Waals surface area contributed by atoms with Gasteiger partial charge >= 0.3 is 0 Å². The normalized spacial score (nSPS) is 18.4. The number of nitrogens with one attached hydrogen (secondary N) is 1. The minimum Gasteiger partial charge on any atom is -0.485 e. The summed E-state index contributed by atoms with van der Waals surface area (Å²) < 4.78 is 11.6. The van der Waals surface area contributed by atoms with Crippen LogP contribution in [0.1, 0.15) is 11.8 Å². The van der Waals surface area contributed by atoms with Crippen LogP contribution in [-0.4, -0.2) is 23.1 Å². The van der Waals surface area contributed by atoms with E-state index in [1.807, 2.05) is 55.5 Å². The molecular weight excluding hydrogens is 348 g/mol. The molecule has 5 nitrogen and oxygen atoms in total. The number of anilines is 1. The van der Waals surface area contributed by atoms with Crippen molar-refractivity contribution in [1.29, 1.82) is 0 Å². The summed E-state index contributed by atoms with van der Waals surface area (Å²) in [5.41, 5.74) is 0.794. The van der Waals surface area contributed by atoms with E-state index >= 15 is 0 Å². The number of ether oxygens (including phenoxy) is 2. The molecule has 6 heteroatoms. The van der Waals surface area contributed by atoms with E-state index in [-0.39, 0.29) is 12.5 Å². The monoisotopic (exact) mass is 366 g/mol. The van der Waals surface area contributed by atoms with E-state index in [9.17, 15) is 4.79 Å². The number of thiazole rings is 1. The van der Waals surface area contributed by atoms with Gasteiger partial charge in [0.05, 0.1) is 5.69 Å². The zero-order valence-corrected chi connectivity index (χ0v) is 15.3. The lowest BCUT2D eigenvalue weighted by atomic mass is 10.1. The first-order valence-electron chi connectivity index (χ1n) is 8.30. The maximum absolute atomic E-state index is 12.8. The molecule has 2 heterocycles. The van der Waals surface area contributed by atoms with E-state index in [1.54, 1.807) is 13.0 Å². The van der Waals surface area contributed by atoms with Crippen LogP contribution in [0.5, 0.6) is 11.5 Å². The molecule has 132 valence electrons. The van der Waals surface area contributed by atoms with Crippen molar-refractivity contribution in [1.82, 2.24) is 4.98 Å². The second-order valence-corrected chi connectivity index (χ2v) is 7.52. The smallest absolute Gasteiger partial charge is 0.273 e. The number of hydrogen-bond acceptors (Lipinski definition) is 5. The third-order valence-electron chi connectivity index (χ3n) is 4.23. The van der Waals surface area contributed by atoms with Crippen molar-refractivity contribution in [2.75, 3.05) is 11.9 Å². The molecule has 1 unspecified atom stereocenters. The summed E-state index contributed by atoms with van der Waals surface area (Å²) in [6.07, 6.45) is 0. The van der Waals surface area contributed by atoms with Gasteiger partial charge in [0.1, 0.15) is 6.61 Å². The molecule has 1 atom stereocenters. The topological polar surface area (TPSA) is 60.5 Å². The molecule has 2 aromatic carbocycles. The number of aromatic nitrogens is 1.